The summed E-state index contributed by atoms with van der Waals surface area (Å²) in [5, 5.41) is 0. The van der Waals surface area contributed by atoms with Crippen LogP contribution in [0.15, 0.2) is 140 Å². The van der Waals surface area contributed by atoms with Gasteiger partial charge in [0.25, 0.3) is 6.71 Å². The van der Waals surface area contributed by atoms with E-state index in [0.717, 1.165) is 6.42 Å². The SMILES string of the molecule is Cc1cc2c3c(c1)N(c1ccc(C(C)(C)C)cc1-c1ccccc1)c1ccc(C(C)(C)C)cc1B3c1cc3c(cc1N2c1ccc(-c2ccccc2)cc1C)C(C)(C)CC3(C)C. The number of nitrogens with zero attached hydrogens (tertiary/aromatic N) is 2. The van der Waals surface area contributed by atoms with E-state index in [0.29, 0.717) is 0 Å². The molecule has 0 amide bonds. The Balaban J connectivity index is 1.32. The maximum Gasteiger partial charge on any atom is 0.252 e. The highest BCUT2D eigenvalue weighted by Crippen LogP contribution is 2.53. The van der Waals surface area contributed by atoms with E-state index in [-0.39, 0.29) is 28.4 Å². The highest BCUT2D eigenvalue weighted by molar-refractivity contribution is 7.00. The van der Waals surface area contributed by atoms with Crippen molar-refractivity contribution >= 4 is 57.2 Å². The molecule has 1 aliphatic carbocycles. The molecule has 62 heavy (non-hydrogen) atoms. The van der Waals surface area contributed by atoms with E-state index in [1.165, 1.54) is 106 Å². The molecule has 0 radical (unpaired) electrons. The van der Waals surface area contributed by atoms with Crippen molar-refractivity contribution in [3.05, 3.63) is 173 Å². The van der Waals surface area contributed by atoms with Gasteiger partial charge in [0.2, 0.25) is 0 Å². The van der Waals surface area contributed by atoms with Crippen molar-refractivity contribution in [2.75, 3.05) is 9.80 Å². The fourth-order valence-electron chi connectivity index (χ4n) is 11.3. The van der Waals surface area contributed by atoms with Crippen LogP contribution in [-0.4, -0.2) is 6.71 Å². The molecule has 2 heterocycles. The quantitative estimate of drug-likeness (QED) is 0.163. The number of hydrogen-bond acceptors (Lipinski definition) is 2. The van der Waals surface area contributed by atoms with Crippen LogP contribution in [0, 0.1) is 13.8 Å². The smallest absolute Gasteiger partial charge is 0.252 e. The van der Waals surface area contributed by atoms with Gasteiger partial charge in [0.05, 0.1) is 5.69 Å². The van der Waals surface area contributed by atoms with E-state index in [9.17, 15) is 0 Å². The molecule has 0 spiro atoms. The molecule has 10 rings (SSSR count). The zero-order chi connectivity index (χ0) is 43.7. The minimum absolute atomic E-state index is 0.00218. The standard InChI is InChI=1S/C59H61BN2/c1-37-29-53-55-54(30-37)62(50-27-24-42(56(3,4)5)32-44(50)40-21-17-14-18-22-40)51-28-25-43(57(6,7)8)33-47(51)60(55)48-34-45-46(59(11,12)36-58(45,9)10)35-52(48)61(53)49-26-23-41(31-38(49)2)39-19-15-13-16-20-39/h13-35H,36H2,1-12H3. The molecule has 0 fully saturated rings. The van der Waals surface area contributed by atoms with Crippen molar-refractivity contribution in [2.45, 2.75) is 111 Å². The minimum atomic E-state index is -0.0229. The van der Waals surface area contributed by atoms with Crippen LogP contribution in [0.5, 0.6) is 0 Å². The van der Waals surface area contributed by atoms with E-state index in [1.54, 1.807) is 0 Å². The summed E-state index contributed by atoms with van der Waals surface area (Å²) in [7, 11) is 0. The summed E-state index contributed by atoms with van der Waals surface area (Å²) in [4.78, 5) is 5.26. The summed E-state index contributed by atoms with van der Waals surface area (Å²) in [6.45, 7) is 28.5. The Bertz CT molecular complexity index is 2920. The number of fused-ring (bicyclic) bond motifs is 5. The fourth-order valence-corrected chi connectivity index (χ4v) is 11.3. The van der Waals surface area contributed by atoms with E-state index >= 15 is 0 Å². The van der Waals surface area contributed by atoms with Crippen molar-refractivity contribution in [1.82, 2.24) is 0 Å². The first-order valence-corrected chi connectivity index (χ1v) is 22.8. The monoisotopic (exact) mass is 808 g/mol. The van der Waals surface area contributed by atoms with E-state index < -0.39 is 0 Å². The van der Waals surface area contributed by atoms with Gasteiger partial charge < -0.3 is 9.80 Å². The van der Waals surface area contributed by atoms with Gasteiger partial charge in [-0.25, -0.2) is 0 Å². The van der Waals surface area contributed by atoms with Crippen LogP contribution in [0.3, 0.4) is 0 Å². The second-order valence-corrected chi connectivity index (χ2v) is 22.0. The van der Waals surface area contributed by atoms with Crippen molar-refractivity contribution in [3.8, 4) is 22.3 Å². The van der Waals surface area contributed by atoms with Crippen LogP contribution in [0.25, 0.3) is 22.3 Å². The molecular weight excluding hydrogens is 747 g/mol. The van der Waals surface area contributed by atoms with Crippen LogP contribution in [-0.2, 0) is 21.7 Å². The van der Waals surface area contributed by atoms with Gasteiger partial charge in [-0.2, -0.15) is 0 Å². The molecule has 0 saturated carbocycles. The lowest BCUT2D eigenvalue weighted by Gasteiger charge is -2.46. The molecule has 3 aliphatic rings. The van der Waals surface area contributed by atoms with Gasteiger partial charge in [-0.15, -0.1) is 0 Å². The lowest BCUT2D eigenvalue weighted by atomic mass is 9.33. The van der Waals surface area contributed by atoms with Crippen molar-refractivity contribution < 1.29 is 0 Å². The van der Waals surface area contributed by atoms with E-state index in [2.05, 4.69) is 232 Å². The van der Waals surface area contributed by atoms with Crippen LogP contribution >= 0.6 is 0 Å². The van der Waals surface area contributed by atoms with Gasteiger partial charge in [0.15, 0.2) is 0 Å². The molecule has 0 N–H and O–H groups in total. The van der Waals surface area contributed by atoms with Crippen molar-refractivity contribution in [3.63, 3.8) is 0 Å². The van der Waals surface area contributed by atoms with Crippen LogP contribution < -0.4 is 26.2 Å². The summed E-state index contributed by atoms with van der Waals surface area (Å²) in [5.74, 6) is 0. The Labute approximate surface area is 371 Å². The van der Waals surface area contributed by atoms with Crippen LogP contribution in [0.2, 0.25) is 0 Å². The van der Waals surface area contributed by atoms with Crippen molar-refractivity contribution in [2.24, 2.45) is 0 Å². The molecule has 0 atom stereocenters. The summed E-state index contributed by atoms with van der Waals surface area (Å²) in [6, 6.07) is 53.7. The summed E-state index contributed by atoms with van der Waals surface area (Å²) < 4.78 is 0. The summed E-state index contributed by atoms with van der Waals surface area (Å²) >= 11 is 0. The maximum atomic E-state index is 2.65. The maximum absolute atomic E-state index is 2.65. The first-order valence-electron chi connectivity index (χ1n) is 22.8. The second kappa shape index (κ2) is 13.9. The fraction of sp³-hybridized carbons (Fsp3) is 0.288. The first kappa shape index (κ1) is 40.3. The molecule has 3 heteroatoms. The Kier molecular flexibility index (Phi) is 9.00. The number of aryl methyl sites for hydroxylation is 2. The number of hydrogen-bond donors (Lipinski definition) is 0. The number of anilines is 6. The molecule has 0 aromatic heterocycles. The molecular formula is C59H61BN2. The van der Waals surface area contributed by atoms with Gasteiger partial charge in [0, 0.05) is 34.0 Å². The zero-order valence-corrected chi connectivity index (χ0v) is 39.0. The summed E-state index contributed by atoms with van der Waals surface area (Å²) in [6.07, 6.45) is 1.12. The Morgan fingerprint density at radius 1 is 0.452 bits per heavy atom. The molecule has 2 nitrogen and oxygen atoms in total. The third-order valence-electron chi connectivity index (χ3n) is 14.3. The molecule has 7 aromatic carbocycles. The number of rotatable bonds is 4. The van der Waals surface area contributed by atoms with Crippen LogP contribution in [0.1, 0.15) is 109 Å². The van der Waals surface area contributed by atoms with Gasteiger partial charge in [-0.1, -0.05) is 160 Å². The largest absolute Gasteiger partial charge is 0.311 e. The van der Waals surface area contributed by atoms with E-state index in [4.69, 9.17) is 0 Å². The van der Waals surface area contributed by atoms with Gasteiger partial charge in [0.1, 0.15) is 0 Å². The zero-order valence-electron chi connectivity index (χ0n) is 39.0. The lowest BCUT2D eigenvalue weighted by molar-refractivity contribution is 0.403. The molecule has 310 valence electrons. The highest BCUT2D eigenvalue weighted by atomic mass is 15.2. The molecule has 7 aromatic rings. The normalized spacial score (nSPS) is 15.8. The summed E-state index contributed by atoms with van der Waals surface area (Å²) in [5.41, 5.74) is 24.9. The molecule has 0 saturated heterocycles. The Hall–Kier alpha value is -5.80. The minimum Gasteiger partial charge on any atom is -0.311 e. The third-order valence-corrected chi connectivity index (χ3v) is 14.3. The lowest BCUT2D eigenvalue weighted by Crippen LogP contribution is -2.61. The van der Waals surface area contributed by atoms with Crippen molar-refractivity contribution in [1.29, 1.82) is 0 Å². The second-order valence-electron chi connectivity index (χ2n) is 22.0. The third kappa shape index (κ3) is 6.37. The topological polar surface area (TPSA) is 6.48 Å². The Morgan fingerprint density at radius 2 is 0.968 bits per heavy atom. The van der Waals surface area contributed by atoms with Gasteiger partial charge >= 0.3 is 0 Å². The van der Waals surface area contributed by atoms with Gasteiger partial charge in [-0.05, 0) is 157 Å². The van der Waals surface area contributed by atoms with Gasteiger partial charge in [-0.3, -0.25) is 0 Å². The van der Waals surface area contributed by atoms with E-state index in [1.807, 2.05) is 0 Å². The number of benzene rings is 7. The Morgan fingerprint density at radius 3 is 1.56 bits per heavy atom. The first-order chi connectivity index (χ1) is 29.3. The molecule has 0 unspecified atom stereocenters. The average molecular weight is 809 g/mol. The average Bonchev–Trinajstić information content (AvgIpc) is 3.41. The van der Waals surface area contributed by atoms with Crippen LogP contribution in [0.4, 0.5) is 34.1 Å². The molecule has 2 aliphatic heterocycles. The molecule has 0 bridgehead atoms. The highest BCUT2D eigenvalue weighted by Gasteiger charge is 2.48. The predicted octanol–water partition coefficient (Wildman–Crippen LogP) is 14.3. The predicted molar refractivity (Wildman–Crippen MR) is 269 cm³/mol.